The maximum Gasteiger partial charge on any atom is 0.223 e. The number of aromatic nitrogens is 1. The van der Waals surface area contributed by atoms with E-state index in [-0.39, 0.29) is 12.0 Å². The SMILES string of the molecule is Cc1cc(=O)c(OCC(O)CNC2CCCCC2)c(C)[nH]1. The first-order chi connectivity index (χ1) is 10.1. The molecule has 1 aliphatic carbocycles. The molecule has 0 radical (unpaired) electrons. The zero-order chi connectivity index (χ0) is 15.2. The van der Waals surface area contributed by atoms with Crippen LogP contribution in [-0.2, 0) is 0 Å². The minimum atomic E-state index is -0.605. The molecule has 5 heteroatoms. The Bertz CT molecular complexity index is 507. The van der Waals surface area contributed by atoms with Crippen LogP contribution in [-0.4, -0.2) is 35.4 Å². The Morgan fingerprint density at radius 2 is 2.10 bits per heavy atom. The van der Waals surface area contributed by atoms with Gasteiger partial charge in [-0.3, -0.25) is 4.79 Å². The van der Waals surface area contributed by atoms with Crippen molar-refractivity contribution in [1.82, 2.24) is 10.3 Å². The molecule has 2 rings (SSSR count). The first-order valence-electron chi connectivity index (χ1n) is 7.81. The van der Waals surface area contributed by atoms with E-state index in [1.54, 1.807) is 6.92 Å². The smallest absolute Gasteiger partial charge is 0.223 e. The lowest BCUT2D eigenvalue weighted by Gasteiger charge is -2.24. The van der Waals surface area contributed by atoms with Crippen molar-refractivity contribution in [3.63, 3.8) is 0 Å². The van der Waals surface area contributed by atoms with Gasteiger partial charge < -0.3 is 20.1 Å². The molecule has 1 heterocycles. The molecule has 1 aliphatic rings. The summed E-state index contributed by atoms with van der Waals surface area (Å²) < 4.78 is 5.49. The molecule has 0 aromatic carbocycles. The molecule has 0 saturated heterocycles. The van der Waals surface area contributed by atoms with Crippen LogP contribution >= 0.6 is 0 Å². The highest BCUT2D eigenvalue weighted by Crippen LogP contribution is 2.17. The molecule has 1 saturated carbocycles. The second-order valence-electron chi connectivity index (χ2n) is 5.98. The van der Waals surface area contributed by atoms with Crippen LogP contribution in [0.5, 0.6) is 5.75 Å². The molecule has 3 N–H and O–H groups in total. The lowest BCUT2D eigenvalue weighted by molar-refractivity contribution is 0.101. The quantitative estimate of drug-likeness (QED) is 0.746. The molecule has 1 atom stereocenters. The van der Waals surface area contributed by atoms with E-state index in [0.717, 1.165) is 5.69 Å². The van der Waals surface area contributed by atoms with Gasteiger partial charge in [0.2, 0.25) is 5.43 Å². The van der Waals surface area contributed by atoms with E-state index in [1.807, 2.05) is 6.92 Å². The van der Waals surface area contributed by atoms with E-state index in [0.29, 0.717) is 24.0 Å². The standard InChI is InChI=1S/C16H26N2O3/c1-11-8-15(20)16(12(2)18-11)21-10-14(19)9-17-13-6-4-3-5-7-13/h8,13-14,17,19H,3-7,9-10H2,1-2H3,(H,18,20). The second-order valence-corrected chi connectivity index (χ2v) is 5.98. The summed E-state index contributed by atoms with van der Waals surface area (Å²) in [5.74, 6) is 0.303. The third-order valence-corrected chi connectivity index (χ3v) is 3.96. The van der Waals surface area contributed by atoms with Crippen LogP contribution in [0.3, 0.4) is 0 Å². The van der Waals surface area contributed by atoms with Gasteiger partial charge in [-0.2, -0.15) is 0 Å². The van der Waals surface area contributed by atoms with Crippen LogP contribution in [0.15, 0.2) is 10.9 Å². The minimum Gasteiger partial charge on any atom is -0.485 e. The summed E-state index contributed by atoms with van der Waals surface area (Å²) in [7, 11) is 0. The molecule has 1 aromatic heterocycles. The fourth-order valence-electron chi connectivity index (χ4n) is 2.86. The predicted octanol–water partition coefficient (Wildman–Crippen LogP) is 1.65. The molecular weight excluding hydrogens is 268 g/mol. The Hall–Kier alpha value is -1.33. The van der Waals surface area contributed by atoms with Crippen molar-refractivity contribution in [3.8, 4) is 5.75 Å². The van der Waals surface area contributed by atoms with E-state index in [2.05, 4.69) is 10.3 Å². The van der Waals surface area contributed by atoms with Gasteiger partial charge >= 0.3 is 0 Å². The van der Waals surface area contributed by atoms with E-state index >= 15 is 0 Å². The number of hydrogen-bond donors (Lipinski definition) is 3. The Morgan fingerprint density at radius 1 is 1.38 bits per heavy atom. The molecule has 21 heavy (non-hydrogen) atoms. The maximum absolute atomic E-state index is 11.8. The zero-order valence-corrected chi connectivity index (χ0v) is 12.9. The molecule has 5 nitrogen and oxygen atoms in total. The number of aryl methyl sites for hydroxylation is 2. The van der Waals surface area contributed by atoms with Crippen molar-refractivity contribution in [3.05, 3.63) is 27.7 Å². The van der Waals surface area contributed by atoms with E-state index in [9.17, 15) is 9.90 Å². The highest BCUT2D eigenvalue weighted by molar-refractivity contribution is 5.28. The minimum absolute atomic E-state index is 0.132. The van der Waals surface area contributed by atoms with Gasteiger partial charge in [0.1, 0.15) is 12.7 Å². The Morgan fingerprint density at radius 3 is 2.76 bits per heavy atom. The molecule has 1 unspecified atom stereocenters. The van der Waals surface area contributed by atoms with Crippen molar-refractivity contribution in [1.29, 1.82) is 0 Å². The molecule has 0 spiro atoms. The Labute approximate surface area is 125 Å². The molecule has 118 valence electrons. The molecule has 1 aromatic rings. The van der Waals surface area contributed by atoms with E-state index in [1.165, 1.54) is 38.2 Å². The topological polar surface area (TPSA) is 74.3 Å². The summed E-state index contributed by atoms with van der Waals surface area (Å²) in [5, 5.41) is 13.4. The summed E-state index contributed by atoms with van der Waals surface area (Å²) in [6.07, 6.45) is 5.62. The summed E-state index contributed by atoms with van der Waals surface area (Å²) in [6.45, 7) is 4.28. The number of aromatic amines is 1. The lowest BCUT2D eigenvalue weighted by atomic mass is 9.95. The zero-order valence-electron chi connectivity index (χ0n) is 12.9. The molecule has 0 amide bonds. The summed E-state index contributed by atoms with van der Waals surface area (Å²) in [6, 6.07) is 2.02. The maximum atomic E-state index is 11.8. The lowest BCUT2D eigenvalue weighted by Crippen LogP contribution is -2.39. The monoisotopic (exact) mass is 294 g/mol. The average Bonchev–Trinajstić information content (AvgIpc) is 2.45. The van der Waals surface area contributed by atoms with Gasteiger partial charge in [0, 0.05) is 24.3 Å². The summed E-state index contributed by atoms with van der Waals surface area (Å²) in [5.41, 5.74) is 1.37. The van der Waals surface area contributed by atoms with Gasteiger partial charge in [-0.25, -0.2) is 0 Å². The van der Waals surface area contributed by atoms with Crippen molar-refractivity contribution in [2.24, 2.45) is 0 Å². The Balaban J connectivity index is 1.78. The fraction of sp³-hybridized carbons (Fsp3) is 0.688. The predicted molar refractivity (Wildman–Crippen MR) is 82.9 cm³/mol. The fourth-order valence-corrected chi connectivity index (χ4v) is 2.86. The van der Waals surface area contributed by atoms with Gasteiger partial charge in [-0.15, -0.1) is 0 Å². The first kappa shape index (κ1) is 16.0. The van der Waals surface area contributed by atoms with E-state index < -0.39 is 6.10 Å². The second kappa shape index (κ2) is 7.61. The van der Waals surface area contributed by atoms with Crippen LogP contribution in [0.1, 0.15) is 43.5 Å². The highest BCUT2D eigenvalue weighted by Gasteiger charge is 2.15. The van der Waals surface area contributed by atoms with Gasteiger partial charge in [0.25, 0.3) is 0 Å². The number of aliphatic hydroxyl groups excluding tert-OH is 1. The molecule has 0 bridgehead atoms. The van der Waals surface area contributed by atoms with Gasteiger partial charge in [-0.05, 0) is 26.7 Å². The molecule has 1 fully saturated rings. The summed E-state index contributed by atoms with van der Waals surface area (Å²) in [4.78, 5) is 14.9. The number of ether oxygens (including phenoxy) is 1. The third kappa shape index (κ3) is 4.86. The number of hydrogen-bond acceptors (Lipinski definition) is 4. The van der Waals surface area contributed by atoms with Crippen molar-refractivity contribution in [2.45, 2.75) is 58.1 Å². The van der Waals surface area contributed by atoms with Crippen LogP contribution in [0.4, 0.5) is 0 Å². The van der Waals surface area contributed by atoms with Crippen LogP contribution in [0.25, 0.3) is 0 Å². The Kier molecular flexibility index (Phi) is 5.82. The molecular formula is C16H26N2O3. The summed E-state index contributed by atoms with van der Waals surface area (Å²) >= 11 is 0. The normalized spacial score (nSPS) is 17.7. The molecule has 0 aliphatic heterocycles. The number of pyridine rings is 1. The average molecular weight is 294 g/mol. The van der Waals surface area contributed by atoms with Crippen molar-refractivity contribution in [2.75, 3.05) is 13.2 Å². The first-order valence-corrected chi connectivity index (χ1v) is 7.81. The number of H-pyrrole nitrogens is 1. The number of nitrogens with one attached hydrogen (secondary N) is 2. The van der Waals surface area contributed by atoms with Crippen molar-refractivity contribution < 1.29 is 9.84 Å². The van der Waals surface area contributed by atoms with Gasteiger partial charge in [0.15, 0.2) is 5.75 Å². The van der Waals surface area contributed by atoms with E-state index in [4.69, 9.17) is 4.74 Å². The van der Waals surface area contributed by atoms with Crippen molar-refractivity contribution >= 4 is 0 Å². The van der Waals surface area contributed by atoms with Crippen LogP contribution in [0, 0.1) is 13.8 Å². The van der Waals surface area contributed by atoms with Crippen LogP contribution < -0.4 is 15.5 Å². The third-order valence-electron chi connectivity index (χ3n) is 3.96. The number of aliphatic hydroxyl groups is 1. The highest BCUT2D eigenvalue weighted by atomic mass is 16.5. The van der Waals surface area contributed by atoms with Crippen LogP contribution in [0.2, 0.25) is 0 Å². The van der Waals surface area contributed by atoms with Gasteiger partial charge in [-0.1, -0.05) is 19.3 Å². The largest absolute Gasteiger partial charge is 0.485 e. The number of rotatable bonds is 6. The van der Waals surface area contributed by atoms with Gasteiger partial charge in [0.05, 0.1) is 5.69 Å².